The molecule has 0 amide bonds. The molecule has 4 aliphatic carbocycles. The van der Waals surface area contributed by atoms with Crippen molar-refractivity contribution >= 4 is 16.6 Å². The van der Waals surface area contributed by atoms with E-state index in [0.717, 1.165) is 23.7 Å². The zero-order valence-electron chi connectivity index (χ0n) is 25.4. The first-order chi connectivity index (χ1) is 15.8. The Kier molecular flexibility index (Phi) is 6.97. The maximum atomic E-state index is 7.02. The van der Waals surface area contributed by atoms with Crippen LogP contribution in [0.4, 0.5) is 0 Å². The highest BCUT2D eigenvalue weighted by Crippen LogP contribution is 2.67. The molecule has 0 aliphatic heterocycles. The van der Waals surface area contributed by atoms with Crippen LogP contribution in [0.15, 0.2) is 11.8 Å². The van der Waals surface area contributed by atoms with Crippen LogP contribution >= 0.6 is 0 Å². The summed E-state index contributed by atoms with van der Waals surface area (Å²) in [5.74, 6) is 4.80. The lowest BCUT2D eigenvalue weighted by atomic mass is 9.45. The minimum Gasteiger partial charge on any atom is -0.546 e. The van der Waals surface area contributed by atoms with Crippen molar-refractivity contribution in [3.63, 3.8) is 0 Å². The molecule has 0 N–H and O–H groups in total. The predicted octanol–water partition coefficient (Wildman–Crippen LogP) is 9.94. The molecule has 0 saturated heterocycles. The van der Waals surface area contributed by atoms with Gasteiger partial charge in [0.05, 0.1) is 5.76 Å². The molecule has 0 aromatic heterocycles. The Morgan fingerprint density at radius 1 is 0.800 bits per heavy atom. The van der Waals surface area contributed by atoms with Gasteiger partial charge in [-0.2, -0.15) is 0 Å². The molecule has 0 heterocycles. The average molecular weight is 519 g/mol. The van der Waals surface area contributed by atoms with Crippen molar-refractivity contribution in [2.24, 2.45) is 34.5 Å². The average Bonchev–Trinajstić information content (AvgIpc) is 3.02. The standard InChI is InChI=1S/C31H58O2Si2/c1-28(2,3)34(9,10)32-23-17-19-30(7)22(21-23)13-14-24-25-15-16-27(31(25,8)20-18-26(24)30)33-35(11,12)29(4,5)6/h16,22-26H,13-15,17-21H2,1-12H3/t22-,23+,24?,25?,26?,30+,31+/m1/s1. The summed E-state index contributed by atoms with van der Waals surface area (Å²) in [6.07, 6.45) is 13.8. The zero-order chi connectivity index (χ0) is 26.2. The van der Waals surface area contributed by atoms with E-state index in [2.05, 4.69) is 87.7 Å². The molecule has 35 heavy (non-hydrogen) atoms. The molecule has 7 atom stereocenters. The molecule has 202 valence electrons. The normalized spacial score (nSPS) is 40.5. The second-order valence-corrected chi connectivity index (χ2v) is 26.0. The van der Waals surface area contributed by atoms with E-state index in [0.29, 0.717) is 16.6 Å². The van der Waals surface area contributed by atoms with Gasteiger partial charge in [-0.15, -0.1) is 0 Å². The minimum absolute atomic E-state index is 0.260. The molecular weight excluding hydrogens is 461 g/mol. The summed E-state index contributed by atoms with van der Waals surface area (Å²) < 4.78 is 14.0. The van der Waals surface area contributed by atoms with E-state index in [4.69, 9.17) is 8.85 Å². The van der Waals surface area contributed by atoms with Gasteiger partial charge in [-0.25, -0.2) is 0 Å². The summed E-state index contributed by atoms with van der Waals surface area (Å²) in [7, 11) is -3.49. The van der Waals surface area contributed by atoms with Gasteiger partial charge in [0, 0.05) is 11.5 Å². The van der Waals surface area contributed by atoms with Crippen molar-refractivity contribution in [1.29, 1.82) is 0 Å². The fourth-order valence-corrected chi connectivity index (χ4v) is 10.6. The number of rotatable bonds is 4. The van der Waals surface area contributed by atoms with Gasteiger partial charge in [-0.05, 0) is 123 Å². The molecule has 0 bridgehead atoms. The van der Waals surface area contributed by atoms with Crippen molar-refractivity contribution < 1.29 is 8.85 Å². The molecule has 4 heteroatoms. The molecular formula is C31H58O2Si2. The Morgan fingerprint density at radius 3 is 2.03 bits per heavy atom. The number of fused-ring (bicyclic) bond motifs is 5. The topological polar surface area (TPSA) is 18.5 Å². The smallest absolute Gasteiger partial charge is 0.250 e. The van der Waals surface area contributed by atoms with E-state index in [1.54, 1.807) is 0 Å². The number of hydrogen-bond donors (Lipinski definition) is 0. The quantitative estimate of drug-likeness (QED) is 0.345. The summed E-state index contributed by atoms with van der Waals surface area (Å²) in [6, 6.07) is 0. The molecule has 4 rings (SSSR count). The second-order valence-electron chi connectivity index (χ2n) is 16.6. The summed E-state index contributed by atoms with van der Waals surface area (Å²) >= 11 is 0. The molecule has 3 fully saturated rings. The van der Waals surface area contributed by atoms with Gasteiger partial charge in [-0.3, -0.25) is 0 Å². The summed E-state index contributed by atoms with van der Waals surface area (Å²) in [5.41, 5.74) is 0.781. The molecule has 0 radical (unpaired) electrons. The maximum absolute atomic E-state index is 7.02. The van der Waals surface area contributed by atoms with Crippen LogP contribution in [0.3, 0.4) is 0 Å². The van der Waals surface area contributed by atoms with Crippen LogP contribution in [0, 0.1) is 34.5 Å². The van der Waals surface area contributed by atoms with E-state index in [9.17, 15) is 0 Å². The fraction of sp³-hybridized carbons (Fsp3) is 0.935. The Morgan fingerprint density at radius 2 is 1.43 bits per heavy atom. The van der Waals surface area contributed by atoms with Gasteiger partial charge in [-0.1, -0.05) is 55.4 Å². The fourth-order valence-electron chi connectivity index (χ4n) is 8.03. The van der Waals surface area contributed by atoms with Crippen molar-refractivity contribution in [2.45, 2.75) is 149 Å². The number of allylic oxidation sites excluding steroid dienone is 2. The largest absolute Gasteiger partial charge is 0.546 e. The highest BCUT2D eigenvalue weighted by atomic mass is 28.4. The first kappa shape index (κ1) is 28.0. The van der Waals surface area contributed by atoms with Gasteiger partial charge >= 0.3 is 0 Å². The SMILES string of the molecule is CC(C)(C)[Si](C)(C)OC1=CCC2C3CC[C@@H]4C[C@@H](O[Si](C)(C)C(C)(C)C)CC[C@]4(C)C3CC[C@]12C. The molecule has 3 unspecified atom stereocenters. The van der Waals surface area contributed by atoms with E-state index in [-0.39, 0.29) is 10.5 Å². The summed E-state index contributed by atoms with van der Waals surface area (Å²) in [5, 5.41) is 0.565. The lowest BCUT2D eigenvalue weighted by molar-refractivity contribution is -0.119. The van der Waals surface area contributed by atoms with Crippen LogP contribution in [-0.2, 0) is 8.85 Å². The van der Waals surface area contributed by atoms with Crippen LogP contribution in [0.25, 0.3) is 0 Å². The second kappa shape index (κ2) is 8.73. The van der Waals surface area contributed by atoms with Gasteiger partial charge in [0.25, 0.3) is 0 Å². The van der Waals surface area contributed by atoms with Gasteiger partial charge in [0.1, 0.15) is 0 Å². The first-order valence-corrected chi connectivity index (χ1v) is 20.7. The lowest BCUT2D eigenvalue weighted by Crippen LogP contribution is -2.55. The van der Waals surface area contributed by atoms with Crippen molar-refractivity contribution in [3.05, 3.63) is 11.8 Å². The highest BCUT2D eigenvalue weighted by molar-refractivity contribution is 6.74. The Hall–Kier alpha value is -0.0662. The first-order valence-electron chi connectivity index (χ1n) is 14.9. The van der Waals surface area contributed by atoms with E-state index < -0.39 is 16.6 Å². The predicted molar refractivity (Wildman–Crippen MR) is 156 cm³/mol. The molecule has 2 nitrogen and oxygen atoms in total. The summed E-state index contributed by atoms with van der Waals surface area (Å²) in [4.78, 5) is 0. The van der Waals surface area contributed by atoms with E-state index in [1.807, 2.05) is 0 Å². The monoisotopic (exact) mass is 518 g/mol. The molecule has 0 spiro atoms. The van der Waals surface area contributed by atoms with Crippen LogP contribution in [-0.4, -0.2) is 22.7 Å². The van der Waals surface area contributed by atoms with Gasteiger partial charge in [0.2, 0.25) is 8.32 Å². The van der Waals surface area contributed by atoms with Crippen molar-refractivity contribution in [2.75, 3.05) is 0 Å². The Labute approximate surface area is 220 Å². The van der Waals surface area contributed by atoms with Crippen LogP contribution < -0.4 is 0 Å². The summed E-state index contributed by atoms with van der Waals surface area (Å²) in [6.45, 7) is 29.3. The van der Waals surface area contributed by atoms with Crippen LogP contribution in [0.5, 0.6) is 0 Å². The third-order valence-electron chi connectivity index (χ3n) is 12.6. The van der Waals surface area contributed by atoms with Crippen molar-refractivity contribution in [3.8, 4) is 0 Å². The maximum Gasteiger partial charge on any atom is 0.250 e. The highest BCUT2D eigenvalue weighted by Gasteiger charge is 2.60. The molecule has 4 aliphatic rings. The Bertz CT molecular complexity index is 832. The van der Waals surface area contributed by atoms with Crippen LogP contribution in [0.2, 0.25) is 36.3 Å². The molecule has 3 saturated carbocycles. The molecule has 0 aromatic carbocycles. The van der Waals surface area contributed by atoms with Crippen molar-refractivity contribution in [1.82, 2.24) is 0 Å². The Balaban J connectivity index is 1.47. The third kappa shape index (κ3) is 4.69. The zero-order valence-corrected chi connectivity index (χ0v) is 27.4. The van der Waals surface area contributed by atoms with E-state index in [1.165, 1.54) is 57.1 Å². The minimum atomic E-state index is -1.80. The van der Waals surface area contributed by atoms with Crippen LogP contribution in [0.1, 0.15) is 107 Å². The number of hydrogen-bond acceptors (Lipinski definition) is 2. The lowest BCUT2D eigenvalue weighted by Gasteiger charge is -2.61. The third-order valence-corrected chi connectivity index (χ3v) is 21.4. The van der Waals surface area contributed by atoms with Gasteiger partial charge < -0.3 is 8.85 Å². The van der Waals surface area contributed by atoms with E-state index >= 15 is 0 Å². The van der Waals surface area contributed by atoms with Gasteiger partial charge in [0.15, 0.2) is 8.32 Å². The molecule has 0 aromatic rings.